The lowest BCUT2D eigenvalue weighted by Gasteiger charge is -2.37. The van der Waals surface area contributed by atoms with E-state index in [-0.39, 0.29) is 29.8 Å². The zero-order chi connectivity index (χ0) is 15.7. The SMILES string of the molecule is CCC(C)C(=O)OC1CC(C(C)(C)O)C(C(C)(C)O)C1. The van der Waals surface area contributed by atoms with Crippen LogP contribution in [0.25, 0.3) is 0 Å². The standard InChI is InChI=1S/C16H30O4/c1-7-10(2)14(17)20-11-8-12(15(3,4)18)13(9-11)16(5,6)19/h10-13,18-19H,7-9H2,1-6H3. The van der Waals surface area contributed by atoms with Gasteiger partial charge in [0.25, 0.3) is 0 Å². The van der Waals surface area contributed by atoms with E-state index >= 15 is 0 Å². The van der Waals surface area contributed by atoms with Gasteiger partial charge in [0.1, 0.15) is 6.10 Å². The van der Waals surface area contributed by atoms with E-state index < -0.39 is 11.2 Å². The van der Waals surface area contributed by atoms with Crippen LogP contribution in [-0.2, 0) is 9.53 Å². The summed E-state index contributed by atoms with van der Waals surface area (Å²) in [6, 6.07) is 0. The molecule has 1 rings (SSSR count). The molecule has 2 N–H and O–H groups in total. The molecule has 1 aliphatic carbocycles. The van der Waals surface area contributed by atoms with Crippen LogP contribution in [0.2, 0.25) is 0 Å². The molecule has 0 aliphatic heterocycles. The predicted molar refractivity (Wildman–Crippen MR) is 78.1 cm³/mol. The third kappa shape index (κ3) is 4.19. The molecule has 4 heteroatoms. The highest BCUT2D eigenvalue weighted by Crippen LogP contribution is 2.45. The number of carbonyl (C=O) groups is 1. The first-order valence-corrected chi connectivity index (χ1v) is 7.62. The topological polar surface area (TPSA) is 66.8 Å². The lowest BCUT2D eigenvalue weighted by Crippen LogP contribution is -2.42. The third-order valence-corrected chi connectivity index (χ3v) is 4.63. The van der Waals surface area contributed by atoms with Gasteiger partial charge < -0.3 is 14.9 Å². The van der Waals surface area contributed by atoms with Crippen molar-refractivity contribution < 1.29 is 19.7 Å². The van der Waals surface area contributed by atoms with E-state index in [1.165, 1.54) is 0 Å². The zero-order valence-electron chi connectivity index (χ0n) is 13.6. The Kier molecular flexibility index (Phi) is 5.25. The average Bonchev–Trinajstić information content (AvgIpc) is 2.71. The van der Waals surface area contributed by atoms with Crippen LogP contribution in [0.1, 0.15) is 60.8 Å². The summed E-state index contributed by atoms with van der Waals surface area (Å²) in [5.41, 5.74) is -1.77. The second-order valence-corrected chi connectivity index (χ2v) is 7.36. The van der Waals surface area contributed by atoms with Crippen LogP contribution < -0.4 is 0 Å². The number of hydrogen-bond acceptors (Lipinski definition) is 4. The molecule has 0 spiro atoms. The molecule has 0 heterocycles. The molecule has 4 nitrogen and oxygen atoms in total. The fourth-order valence-electron chi connectivity index (χ4n) is 3.10. The molecular formula is C16H30O4. The fourth-order valence-corrected chi connectivity index (χ4v) is 3.10. The Morgan fingerprint density at radius 1 is 1.15 bits per heavy atom. The lowest BCUT2D eigenvalue weighted by molar-refractivity contribution is -0.153. The number of ether oxygens (including phenoxy) is 1. The summed E-state index contributed by atoms with van der Waals surface area (Å²) in [6.07, 6.45) is 1.78. The van der Waals surface area contributed by atoms with Crippen LogP contribution in [0.5, 0.6) is 0 Å². The molecule has 0 amide bonds. The maximum Gasteiger partial charge on any atom is 0.308 e. The van der Waals surface area contributed by atoms with Crippen molar-refractivity contribution in [3.8, 4) is 0 Å². The minimum absolute atomic E-state index is 0.0720. The van der Waals surface area contributed by atoms with E-state index in [0.29, 0.717) is 12.8 Å². The van der Waals surface area contributed by atoms with E-state index in [4.69, 9.17) is 4.74 Å². The minimum Gasteiger partial charge on any atom is -0.462 e. The van der Waals surface area contributed by atoms with Gasteiger partial charge in [0, 0.05) is 0 Å². The van der Waals surface area contributed by atoms with Crippen LogP contribution >= 0.6 is 0 Å². The summed E-state index contributed by atoms with van der Waals surface area (Å²) in [5.74, 6) is -0.422. The smallest absolute Gasteiger partial charge is 0.308 e. The molecule has 0 saturated heterocycles. The van der Waals surface area contributed by atoms with Gasteiger partial charge in [0.05, 0.1) is 17.1 Å². The van der Waals surface area contributed by atoms with Crippen LogP contribution in [0.3, 0.4) is 0 Å². The predicted octanol–water partition coefficient (Wildman–Crippen LogP) is 2.51. The summed E-state index contributed by atoms with van der Waals surface area (Å²) in [4.78, 5) is 11.9. The molecule has 0 aromatic carbocycles. The van der Waals surface area contributed by atoms with Gasteiger partial charge in [-0.15, -0.1) is 0 Å². The van der Waals surface area contributed by atoms with E-state index in [0.717, 1.165) is 6.42 Å². The van der Waals surface area contributed by atoms with Crippen molar-refractivity contribution in [1.29, 1.82) is 0 Å². The van der Waals surface area contributed by atoms with Gasteiger partial charge in [-0.25, -0.2) is 0 Å². The highest BCUT2D eigenvalue weighted by atomic mass is 16.5. The first-order chi connectivity index (χ1) is 8.96. The molecule has 0 bridgehead atoms. The van der Waals surface area contributed by atoms with Gasteiger partial charge in [-0.3, -0.25) is 4.79 Å². The number of hydrogen-bond donors (Lipinski definition) is 2. The molecule has 0 aromatic heterocycles. The van der Waals surface area contributed by atoms with Crippen molar-refractivity contribution in [2.24, 2.45) is 17.8 Å². The summed E-state index contributed by atoms with van der Waals surface area (Å²) in [7, 11) is 0. The molecular weight excluding hydrogens is 256 g/mol. The maximum atomic E-state index is 11.9. The van der Waals surface area contributed by atoms with Crippen molar-refractivity contribution in [3.05, 3.63) is 0 Å². The van der Waals surface area contributed by atoms with Gasteiger partial charge in [0.15, 0.2) is 0 Å². The van der Waals surface area contributed by atoms with Crippen LogP contribution in [0, 0.1) is 17.8 Å². The molecule has 0 radical (unpaired) electrons. The molecule has 0 aromatic rings. The highest BCUT2D eigenvalue weighted by Gasteiger charge is 2.49. The van der Waals surface area contributed by atoms with Gasteiger partial charge in [-0.2, -0.15) is 0 Å². The lowest BCUT2D eigenvalue weighted by atomic mass is 9.75. The Labute approximate surface area is 122 Å². The molecule has 1 aliphatic rings. The monoisotopic (exact) mass is 286 g/mol. The minimum atomic E-state index is -0.887. The number of carbonyl (C=O) groups excluding carboxylic acids is 1. The quantitative estimate of drug-likeness (QED) is 0.762. The molecule has 1 fully saturated rings. The second-order valence-electron chi connectivity index (χ2n) is 7.36. The summed E-state index contributed by atoms with van der Waals surface area (Å²) in [6.45, 7) is 10.9. The number of rotatable bonds is 5. The summed E-state index contributed by atoms with van der Waals surface area (Å²) < 4.78 is 5.55. The molecule has 20 heavy (non-hydrogen) atoms. The highest BCUT2D eigenvalue weighted by molar-refractivity contribution is 5.72. The van der Waals surface area contributed by atoms with Crippen LogP contribution in [0.15, 0.2) is 0 Å². The largest absolute Gasteiger partial charge is 0.462 e. The van der Waals surface area contributed by atoms with Crippen LogP contribution in [0.4, 0.5) is 0 Å². The van der Waals surface area contributed by atoms with Gasteiger partial charge >= 0.3 is 5.97 Å². The Bertz CT molecular complexity index is 315. The molecule has 3 atom stereocenters. The van der Waals surface area contributed by atoms with Crippen molar-refractivity contribution in [2.75, 3.05) is 0 Å². The summed E-state index contributed by atoms with van der Waals surface area (Å²) in [5, 5.41) is 20.6. The molecule has 3 unspecified atom stereocenters. The fraction of sp³-hybridized carbons (Fsp3) is 0.938. The summed E-state index contributed by atoms with van der Waals surface area (Å²) >= 11 is 0. The maximum absolute atomic E-state index is 11.9. The normalized spacial score (nSPS) is 29.3. The Morgan fingerprint density at radius 2 is 1.55 bits per heavy atom. The van der Waals surface area contributed by atoms with Gasteiger partial charge in [0.2, 0.25) is 0 Å². The van der Waals surface area contributed by atoms with Crippen molar-refractivity contribution in [2.45, 2.75) is 78.1 Å². The second kappa shape index (κ2) is 6.02. The zero-order valence-corrected chi connectivity index (χ0v) is 13.6. The van der Waals surface area contributed by atoms with E-state index in [1.807, 2.05) is 13.8 Å². The van der Waals surface area contributed by atoms with E-state index in [1.54, 1.807) is 27.7 Å². The molecule has 1 saturated carbocycles. The van der Waals surface area contributed by atoms with E-state index in [2.05, 4.69) is 0 Å². The van der Waals surface area contributed by atoms with Crippen molar-refractivity contribution in [3.63, 3.8) is 0 Å². The van der Waals surface area contributed by atoms with E-state index in [9.17, 15) is 15.0 Å². The first-order valence-electron chi connectivity index (χ1n) is 7.62. The Balaban J connectivity index is 2.78. The van der Waals surface area contributed by atoms with Gasteiger partial charge in [-0.05, 0) is 58.8 Å². The average molecular weight is 286 g/mol. The van der Waals surface area contributed by atoms with Gasteiger partial charge in [-0.1, -0.05) is 13.8 Å². The van der Waals surface area contributed by atoms with Crippen molar-refractivity contribution in [1.82, 2.24) is 0 Å². The van der Waals surface area contributed by atoms with Crippen LogP contribution in [-0.4, -0.2) is 33.5 Å². The third-order valence-electron chi connectivity index (χ3n) is 4.63. The molecule has 118 valence electrons. The first kappa shape index (κ1) is 17.4. The van der Waals surface area contributed by atoms with Crippen molar-refractivity contribution >= 4 is 5.97 Å². The number of esters is 1. The Morgan fingerprint density at radius 3 is 1.85 bits per heavy atom. The Hall–Kier alpha value is -0.610. The number of aliphatic hydroxyl groups is 2.